The van der Waals surface area contributed by atoms with Gasteiger partial charge in [0.2, 0.25) is 7.14 Å². The van der Waals surface area contributed by atoms with Crippen LogP contribution in [0.4, 0.5) is 0 Å². The molecule has 0 N–H and O–H groups in total. The van der Waals surface area contributed by atoms with Gasteiger partial charge in [0, 0.05) is 21.4 Å². The first-order valence-electron chi connectivity index (χ1n) is 10.9. The normalized spacial score (nSPS) is 16.3. The quantitative estimate of drug-likeness (QED) is 0.231. The second-order valence-electron chi connectivity index (χ2n) is 10.6. The Hall–Kier alpha value is -2.67. The number of hydrogen-bond acceptors (Lipinski definition) is 2. The largest absolute Gasteiger partial charge is 0.466 e. The van der Waals surface area contributed by atoms with Crippen molar-refractivity contribution in [1.82, 2.24) is 0 Å². The number of hydrogen-bond donors (Lipinski definition) is 0. The van der Waals surface area contributed by atoms with E-state index >= 15 is 0 Å². The highest BCUT2D eigenvalue weighted by molar-refractivity contribution is 7.93. The van der Waals surface area contributed by atoms with E-state index in [1.54, 1.807) is 0 Å². The van der Waals surface area contributed by atoms with Crippen molar-refractivity contribution in [3.8, 4) is 0 Å². The van der Waals surface area contributed by atoms with Crippen LogP contribution in [0.25, 0.3) is 5.53 Å². The van der Waals surface area contributed by atoms with Gasteiger partial charge in [0.05, 0.1) is 0 Å². The SMILES string of the molecule is CC(C)(C)C1=CC(C)(C(=[N+]=[N-])P(=O)(c2ccccc2)c2ccccc2)C=C(C(C)(C)C)O1. The first-order chi connectivity index (χ1) is 14.8. The molecule has 0 spiro atoms. The zero-order chi connectivity index (χ0) is 23.8. The van der Waals surface area contributed by atoms with Crippen molar-refractivity contribution < 1.29 is 14.1 Å². The predicted molar refractivity (Wildman–Crippen MR) is 133 cm³/mol. The molecule has 0 aromatic heterocycles. The minimum Gasteiger partial charge on any atom is -0.466 e. The fourth-order valence-electron chi connectivity index (χ4n) is 3.81. The van der Waals surface area contributed by atoms with Gasteiger partial charge in [0.25, 0.3) is 0 Å². The molecule has 0 radical (unpaired) electrons. The van der Waals surface area contributed by atoms with E-state index in [9.17, 15) is 10.1 Å². The second kappa shape index (κ2) is 8.35. The van der Waals surface area contributed by atoms with Crippen molar-refractivity contribution in [2.24, 2.45) is 16.2 Å². The lowest BCUT2D eigenvalue weighted by molar-refractivity contribution is -0.00955. The van der Waals surface area contributed by atoms with E-state index in [-0.39, 0.29) is 16.3 Å². The predicted octanol–water partition coefficient (Wildman–Crippen LogP) is 6.53. The number of benzene rings is 2. The maximum atomic E-state index is 15.0. The fourth-order valence-corrected chi connectivity index (χ4v) is 6.72. The van der Waals surface area contributed by atoms with Crippen molar-refractivity contribution >= 4 is 23.2 Å². The van der Waals surface area contributed by atoms with Crippen molar-refractivity contribution in [2.75, 3.05) is 0 Å². The Morgan fingerprint density at radius 2 is 1.19 bits per heavy atom. The highest BCUT2D eigenvalue weighted by Gasteiger charge is 2.52. The monoisotopic (exact) mass is 448 g/mol. The van der Waals surface area contributed by atoms with Gasteiger partial charge >= 0.3 is 5.45 Å². The third kappa shape index (κ3) is 4.44. The average molecular weight is 449 g/mol. The molecule has 0 aliphatic carbocycles. The van der Waals surface area contributed by atoms with Crippen LogP contribution in [0, 0.1) is 16.2 Å². The van der Waals surface area contributed by atoms with Gasteiger partial charge in [-0.3, -0.25) is 0 Å². The van der Waals surface area contributed by atoms with Crippen LogP contribution in [-0.2, 0) is 9.30 Å². The zero-order valence-electron chi connectivity index (χ0n) is 20.1. The minimum atomic E-state index is -3.47. The van der Waals surface area contributed by atoms with Gasteiger partial charge in [-0.1, -0.05) is 102 Å². The van der Waals surface area contributed by atoms with Gasteiger partial charge in [-0.25, -0.2) is 0 Å². The Morgan fingerprint density at radius 3 is 1.50 bits per heavy atom. The van der Waals surface area contributed by atoms with Gasteiger partial charge in [0.1, 0.15) is 16.9 Å². The van der Waals surface area contributed by atoms with Crippen molar-refractivity contribution in [3.05, 3.63) is 89.9 Å². The molecule has 5 heteroatoms. The molecular formula is C27H33N2O2P. The smallest absolute Gasteiger partial charge is 0.346 e. The summed E-state index contributed by atoms with van der Waals surface area (Å²) in [5.41, 5.74) is 9.13. The number of allylic oxidation sites excluding steroid dienone is 4. The molecule has 0 fully saturated rings. The molecule has 2 aromatic rings. The number of rotatable bonds is 4. The van der Waals surface area contributed by atoms with Crippen LogP contribution < -0.4 is 10.6 Å². The summed E-state index contributed by atoms with van der Waals surface area (Å²) in [6.45, 7) is 14.4. The van der Waals surface area contributed by atoms with Crippen LogP contribution in [0.5, 0.6) is 0 Å². The Balaban J connectivity index is 2.35. The van der Waals surface area contributed by atoms with Crippen LogP contribution in [-0.4, -0.2) is 10.2 Å². The topological polar surface area (TPSA) is 62.7 Å². The van der Waals surface area contributed by atoms with E-state index in [1.165, 1.54) is 0 Å². The lowest BCUT2D eigenvalue weighted by atomic mass is 9.79. The third-order valence-electron chi connectivity index (χ3n) is 5.67. The molecule has 1 aliphatic heterocycles. The number of ether oxygens (including phenoxy) is 1. The molecular weight excluding hydrogens is 415 g/mol. The minimum absolute atomic E-state index is 0.217. The first-order valence-corrected chi connectivity index (χ1v) is 12.6. The van der Waals surface area contributed by atoms with Crippen molar-refractivity contribution in [1.29, 1.82) is 0 Å². The molecule has 1 aliphatic rings. The molecule has 0 saturated carbocycles. The third-order valence-corrected chi connectivity index (χ3v) is 8.89. The van der Waals surface area contributed by atoms with E-state index in [1.807, 2.05) is 79.7 Å². The molecule has 0 atom stereocenters. The van der Waals surface area contributed by atoms with Crippen molar-refractivity contribution in [3.63, 3.8) is 0 Å². The fraction of sp³-hybridized carbons (Fsp3) is 0.370. The number of nitrogens with zero attached hydrogens (tertiary/aromatic N) is 2. The lowest BCUT2D eigenvalue weighted by Crippen LogP contribution is -2.37. The van der Waals surface area contributed by atoms with Crippen LogP contribution >= 0.6 is 7.14 Å². The maximum absolute atomic E-state index is 15.0. The molecule has 0 bridgehead atoms. The van der Waals surface area contributed by atoms with Gasteiger partial charge in [0.15, 0.2) is 0 Å². The van der Waals surface area contributed by atoms with Gasteiger partial charge in [-0.2, -0.15) is 4.79 Å². The highest BCUT2D eigenvalue weighted by Crippen LogP contribution is 2.54. The summed E-state index contributed by atoms with van der Waals surface area (Å²) in [5.74, 6) is 1.53. The van der Waals surface area contributed by atoms with E-state index in [0.29, 0.717) is 10.6 Å². The van der Waals surface area contributed by atoms with Crippen molar-refractivity contribution in [2.45, 2.75) is 48.5 Å². The molecule has 2 aromatic carbocycles. The first kappa shape index (κ1) is 24.0. The zero-order valence-corrected chi connectivity index (χ0v) is 21.0. The maximum Gasteiger partial charge on any atom is 0.346 e. The summed E-state index contributed by atoms with van der Waals surface area (Å²) in [6, 6.07) is 18.6. The Bertz CT molecular complexity index is 1070. The molecule has 32 heavy (non-hydrogen) atoms. The summed E-state index contributed by atoms with van der Waals surface area (Å²) in [7, 11) is -3.47. The molecule has 3 rings (SSSR count). The molecule has 0 amide bonds. The molecule has 0 unspecified atom stereocenters. The van der Waals surface area contributed by atoms with E-state index in [0.717, 1.165) is 11.5 Å². The Morgan fingerprint density at radius 1 is 0.812 bits per heavy atom. The van der Waals surface area contributed by atoms with Crippen LogP contribution in [0.1, 0.15) is 48.5 Å². The summed E-state index contributed by atoms with van der Waals surface area (Å²) < 4.78 is 21.3. The molecule has 1 heterocycles. The lowest BCUT2D eigenvalue weighted by Gasteiger charge is -2.37. The average Bonchev–Trinajstić information content (AvgIpc) is 2.73. The van der Waals surface area contributed by atoms with Gasteiger partial charge < -0.3 is 14.8 Å². The Labute approximate surface area is 192 Å². The molecule has 0 saturated heterocycles. The van der Waals surface area contributed by atoms with Gasteiger partial charge in [-0.15, -0.1) is 0 Å². The molecule has 168 valence electrons. The second-order valence-corrected chi connectivity index (χ2v) is 13.3. The highest BCUT2D eigenvalue weighted by atomic mass is 31.2. The van der Waals surface area contributed by atoms with Crippen LogP contribution in [0.15, 0.2) is 84.3 Å². The standard InChI is InChI=1S/C27H33N2O2P/c1-25(2,3)22-18-27(7,19-23(31-22)26(4,5)6)24(29-28)32(30,20-14-10-8-11-15-20)21-16-12-9-13-17-21/h8-19H,1-7H3. The summed E-state index contributed by atoms with van der Waals surface area (Å²) in [5, 5.41) is 1.26. The summed E-state index contributed by atoms with van der Waals surface area (Å²) in [4.78, 5) is 3.75. The van der Waals surface area contributed by atoms with E-state index in [4.69, 9.17) is 4.74 Å². The van der Waals surface area contributed by atoms with E-state index < -0.39 is 12.6 Å². The summed E-state index contributed by atoms with van der Waals surface area (Å²) >= 11 is 0. The van der Waals surface area contributed by atoms with Crippen LogP contribution in [0.3, 0.4) is 0 Å². The van der Waals surface area contributed by atoms with Gasteiger partial charge in [-0.05, 0) is 19.1 Å². The Kier molecular flexibility index (Phi) is 6.26. The summed E-state index contributed by atoms with van der Waals surface area (Å²) in [6.07, 6.45) is 3.91. The molecule has 4 nitrogen and oxygen atoms in total. The van der Waals surface area contributed by atoms with Crippen LogP contribution in [0.2, 0.25) is 0 Å². The van der Waals surface area contributed by atoms with E-state index in [2.05, 4.69) is 46.3 Å².